The summed E-state index contributed by atoms with van der Waals surface area (Å²) in [6.07, 6.45) is 2.87. The molecule has 6 nitrogen and oxygen atoms in total. The Balaban J connectivity index is 1.49. The normalized spacial score (nSPS) is 19.4. The standard InChI is InChI=1S/C14H15N3O3S/c18-21(19)6-5-9-3-4-11(7-12(9)21)15-8-13-16-14(17-20-13)10-1-2-10/h3-4,7,10,15H,1-2,5-6,8H2. The molecule has 1 aliphatic carbocycles. The van der Waals surface area contributed by atoms with Crippen LogP contribution in [0, 0.1) is 0 Å². The Kier molecular flexibility index (Phi) is 2.78. The van der Waals surface area contributed by atoms with E-state index in [9.17, 15) is 8.42 Å². The summed E-state index contributed by atoms with van der Waals surface area (Å²) in [4.78, 5) is 4.77. The number of rotatable bonds is 4. The van der Waals surface area contributed by atoms with Gasteiger partial charge in [-0.05, 0) is 37.0 Å². The van der Waals surface area contributed by atoms with Crippen LogP contribution in [0.1, 0.15) is 36.0 Å². The van der Waals surface area contributed by atoms with Gasteiger partial charge in [0.15, 0.2) is 15.7 Å². The van der Waals surface area contributed by atoms with Gasteiger partial charge in [0.1, 0.15) is 0 Å². The Morgan fingerprint density at radius 2 is 2.19 bits per heavy atom. The van der Waals surface area contributed by atoms with Crippen molar-refractivity contribution in [3.05, 3.63) is 35.5 Å². The van der Waals surface area contributed by atoms with E-state index >= 15 is 0 Å². The van der Waals surface area contributed by atoms with E-state index in [1.54, 1.807) is 6.07 Å². The van der Waals surface area contributed by atoms with Gasteiger partial charge < -0.3 is 9.84 Å². The van der Waals surface area contributed by atoms with E-state index in [-0.39, 0.29) is 5.75 Å². The number of nitrogens with zero attached hydrogens (tertiary/aromatic N) is 2. The Bertz CT molecular complexity index is 794. The molecule has 4 rings (SSSR count). The van der Waals surface area contributed by atoms with E-state index in [0.29, 0.717) is 29.7 Å². The van der Waals surface area contributed by atoms with E-state index in [0.717, 1.165) is 29.9 Å². The fourth-order valence-electron chi connectivity index (χ4n) is 2.54. The highest BCUT2D eigenvalue weighted by Crippen LogP contribution is 2.38. The number of hydrogen-bond acceptors (Lipinski definition) is 6. The van der Waals surface area contributed by atoms with Crippen LogP contribution in [-0.2, 0) is 22.8 Å². The van der Waals surface area contributed by atoms with Crippen LogP contribution in [0.3, 0.4) is 0 Å². The molecule has 1 aliphatic heterocycles. The summed E-state index contributed by atoms with van der Waals surface area (Å²) < 4.78 is 29.0. The molecule has 0 bridgehead atoms. The molecule has 0 amide bonds. The molecular formula is C14H15N3O3S. The van der Waals surface area contributed by atoms with Crippen molar-refractivity contribution in [1.29, 1.82) is 0 Å². The Morgan fingerprint density at radius 1 is 1.33 bits per heavy atom. The molecule has 1 saturated carbocycles. The Labute approximate surface area is 122 Å². The lowest BCUT2D eigenvalue weighted by Gasteiger charge is -2.05. The summed E-state index contributed by atoms with van der Waals surface area (Å²) in [5, 5.41) is 7.09. The zero-order chi connectivity index (χ0) is 14.4. The molecule has 1 aromatic carbocycles. The van der Waals surface area contributed by atoms with E-state index in [4.69, 9.17) is 4.52 Å². The maximum Gasteiger partial charge on any atom is 0.245 e. The van der Waals surface area contributed by atoms with Crippen LogP contribution in [0.4, 0.5) is 5.69 Å². The molecule has 0 radical (unpaired) electrons. The minimum absolute atomic E-state index is 0.209. The average molecular weight is 305 g/mol. The van der Waals surface area contributed by atoms with Gasteiger partial charge in [-0.1, -0.05) is 11.2 Å². The second kappa shape index (κ2) is 4.56. The van der Waals surface area contributed by atoms with Crippen LogP contribution in [-0.4, -0.2) is 24.3 Å². The number of benzene rings is 1. The predicted molar refractivity (Wildman–Crippen MR) is 75.8 cm³/mol. The molecular weight excluding hydrogens is 290 g/mol. The van der Waals surface area contributed by atoms with Gasteiger partial charge in [-0.3, -0.25) is 0 Å². The van der Waals surface area contributed by atoms with Crippen molar-refractivity contribution in [3.63, 3.8) is 0 Å². The highest BCUT2D eigenvalue weighted by molar-refractivity contribution is 7.91. The predicted octanol–water partition coefficient (Wildman–Crippen LogP) is 1.89. The maximum atomic E-state index is 11.9. The minimum Gasteiger partial charge on any atom is -0.376 e. The van der Waals surface area contributed by atoms with Crippen LogP contribution < -0.4 is 5.32 Å². The molecule has 0 unspecified atom stereocenters. The van der Waals surface area contributed by atoms with Crippen molar-refractivity contribution in [2.45, 2.75) is 36.6 Å². The molecule has 7 heteroatoms. The lowest BCUT2D eigenvalue weighted by atomic mass is 10.1. The smallest absolute Gasteiger partial charge is 0.245 e. The third-order valence-corrected chi connectivity index (χ3v) is 5.70. The molecule has 1 N–H and O–H groups in total. The van der Waals surface area contributed by atoms with Crippen molar-refractivity contribution >= 4 is 15.5 Å². The zero-order valence-electron chi connectivity index (χ0n) is 11.4. The highest BCUT2D eigenvalue weighted by atomic mass is 32.2. The summed E-state index contributed by atoms with van der Waals surface area (Å²) in [5.74, 6) is 1.98. The van der Waals surface area contributed by atoms with E-state index in [2.05, 4.69) is 15.5 Å². The summed E-state index contributed by atoms with van der Waals surface area (Å²) in [5.41, 5.74) is 1.65. The van der Waals surface area contributed by atoms with Crippen LogP contribution >= 0.6 is 0 Å². The first-order valence-corrected chi connectivity index (χ1v) is 8.69. The summed E-state index contributed by atoms with van der Waals surface area (Å²) in [6, 6.07) is 5.44. The average Bonchev–Trinajstić information content (AvgIpc) is 3.14. The van der Waals surface area contributed by atoms with E-state index in [1.165, 1.54) is 0 Å². The van der Waals surface area contributed by atoms with Crippen molar-refractivity contribution in [2.75, 3.05) is 11.1 Å². The first-order valence-electron chi connectivity index (χ1n) is 7.04. The van der Waals surface area contributed by atoms with E-state index < -0.39 is 9.84 Å². The number of fused-ring (bicyclic) bond motifs is 1. The van der Waals surface area contributed by atoms with Gasteiger partial charge in [-0.25, -0.2) is 8.42 Å². The van der Waals surface area contributed by atoms with Gasteiger partial charge in [0.2, 0.25) is 5.89 Å². The van der Waals surface area contributed by atoms with Gasteiger partial charge in [0.05, 0.1) is 17.2 Å². The van der Waals surface area contributed by atoms with E-state index in [1.807, 2.05) is 12.1 Å². The molecule has 110 valence electrons. The van der Waals surface area contributed by atoms with Crippen LogP contribution in [0.25, 0.3) is 0 Å². The lowest BCUT2D eigenvalue weighted by Crippen LogP contribution is -2.02. The lowest BCUT2D eigenvalue weighted by molar-refractivity contribution is 0.378. The topological polar surface area (TPSA) is 85.1 Å². The third-order valence-electron chi connectivity index (χ3n) is 3.91. The highest BCUT2D eigenvalue weighted by Gasteiger charge is 2.29. The molecule has 2 aliphatic rings. The van der Waals surface area contributed by atoms with Gasteiger partial charge in [0.25, 0.3) is 0 Å². The van der Waals surface area contributed by atoms with Crippen LogP contribution in [0.2, 0.25) is 0 Å². The number of sulfone groups is 1. The largest absolute Gasteiger partial charge is 0.376 e. The fraction of sp³-hybridized carbons (Fsp3) is 0.429. The molecule has 2 heterocycles. The monoisotopic (exact) mass is 305 g/mol. The summed E-state index contributed by atoms with van der Waals surface area (Å²) in [6.45, 7) is 0.401. The Morgan fingerprint density at radius 3 is 3.00 bits per heavy atom. The van der Waals surface area contributed by atoms with Gasteiger partial charge in [-0.2, -0.15) is 4.98 Å². The number of aryl methyl sites for hydroxylation is 1. The summed E-state index contributed by atoms with van der Waals surface area (Å²) in [7, 11) is -3.10. The number of nitrogens with one attached hydrogen (secondary N) is 1. The minimum atomic E-state index is -3.10. The SMILES string of the molecule is O=S1(=O)CCc2ccc(NCc3nc(C4CC4)no3)cc21. The second-order valence-corrected chi connectivity index (χ2v) is 7.64. The van der Waals surface area contributed by atoms with Crippen molar-refractivity contribution in [1.82, 2.24) is 10.1 Å². The molecule has 1 fully saturated rings. The third kappa shape index (κ3) is 2.42. The molecule has 0 saturated heterocycles. The van der Waals surface area contributed by atoms with Crippen molar-refractivity contribution in [2.24, 2.45) is 0 Å². The van der Waals surface area contributed by atoms with Crippen LogP contribution in [0.5, 0.6) is 0 Å². The van der Waals surface area contributed by atoms with Gasteiger partial charge in [0, 0.05) is 11.6 Å². The number of anilines is 1. The zero-order valence-corrected chi connectivity index (χ0v) is 12.2. The molecule has 1 aromatic heterocycles. The van der Waals surface area contributed by atoms with Crippen LogP contribution in [0.15, 0.2) is 27.6 Å². The molecule has 21 heavy (non-hydrogen) atoms. The molecule has 0 atom stereocenters. The first-order chi connectivity index (χ1) is 10.1. The van der Waals surface area contributed by atoms with Crippen molar-refractivity contribution in [3.8, 4) is 0 Å². The molecule has 2 aromatic rings. The van der Waals surface area contributed by atoms with Gasteiger partial charge >= 0.3 is 0 Å². The van der Waals surface area contributed by atoms with Gasteiger partial charge in [-0.15, -0.1) is 0 Å². The quantitative estimate of drug-likeness (QED) is 0.928. The fourth-order valence-corrected chi connectivity index (χ4v) is 4.12. The molecule has 0 spiro atoms. The second-order valence-electron chi connectivity index (χ2n) is 5.57. The summed E-state index contributed by atoms with van der Waals surface area (Å²) >= 11 is 0. The Hall–Kier alpha value is -1.89. The number of hydrogen-bond donors (Lipinski definition) is 1. The first kappa shape index (κ1) is 12.8. The van der Waals surface area contributed by atoms with Crippen molar-refractivity contribution < 1.29 is 12.9 Å². The number of aromatic nitrogens is 2. The maximum absolute atomic E-state index is 11.9.